The Balaban J connectivity index is 2.40. The van der Waals surface area contributed by atoms with Gasteiger partial charge in [-0.3, -0.25) is 0 Å². The van der Waals surface area contributed by atoms with E-state index >= 15 is 0 Å². The lowest BCUT2D eigenvalue weighted by molar-refractivity contribution is 0.0223. The first-order valence-electron chi connectivity index (χ1n) is 6.69. The fraction of sp³-hybridized carbons (Fsp3) is 0.294. The molecule has 0 spiro atoms. The first kappa shape index (κ1) is 14.4. The lowest BCUT2D eigenvalue weighted by Crippen LogP contribution is -2.03. The number of hydrogen-bond acceptors (Lipinski definition) is 3. The van der Waals surface area contributed by atoms with Crippen molar-refractivity contribution in [1.29, 1.82) is 0 Å². The molecule has 2 aromatic rings. The van der Waals surface area contributed by atoms with Gasteiger partial charge in [-0.15, -0.1) is 0 Å². The summed E-state index contributed by atoms with van der Waals surface area (Å²) in [6, 6.07) is 11.9. The number of ether oxygens (including phenoxy) is 2. The van der Waals surface area contributed by atoms with Crippen LogP contribution >= 0.6 is 0 Å². The van der Waals surface area contributed by atoms with Gasteiger partial charge in [0.05, 0.1) is 12.2 Å². The monoisotopic (exact) mass is 270 g/mol. The molecule has 0 fully saturated rings. The Morgan fingerprint density at radius 3 is 2.80 bits per heavy atom. The highest BCUT2D eigenvalue weighted by molar-refractivity contribution is 5.90. The molecule has 0 aliphatic heterocycles. The second-order valence-corrected chi connectivity index (χ2v) is 4.19. The third-order valence-electron chi connectivity index (χ3n) is 2.84. The summed E-state index contributed by atoms with van der Waals surface area (Å²) < 4.78 is 10.8. The molecule has 0 saturated carbocycles. The fourth-order valence-corrected chi connectivity index (χ4v) is 1.90. The smallest absolute Gasteiger partial charge is 0.189 e. The Morgan fingerprint density at radius 2 is 2.00 bits per heavy atom. The molecule has 2 aromatic carbocycles. The van der Waals surface area contributed by atoms with E-state index in [1.165, 1.54) is 0 Å². The van der Waals surface area contributed by atoms with E-state index in [1.807, 2.05) is 43.3 Å². The van der Waals surface area contributed by atoms with E-state index in [-0.39, 0.29) is 13.4 Å². The van der Waals surface area contributed by atoms with Gasteiger partial charge >= 0.3 is 0 Å². The topological polar surface area (TPSA) is 38.7 Å². The van der Waals surface area contributed by atoms with Crippen LogP contribution in [0.3, 0.4) is 0 Å². The predicted molar refractivity (Wildman–Crippen MR) is 79.6 cm³/mol. The van der Waals surface area contributed by atoms with Crippen molar-refractivity contribution in [2.45, 2.75) is 13.3 Å². The van der Waals surface area contributed by atoms with Crippen molar-refractivity contribution in [3.05, 3.63) is 42.0 Å². The van der Waals surface area contributed by atoms with E-state index in [2.05, 4.69) is 11.8 Å². The van der Waals surface area contributed by atoms with Gasteiger partial charge in [-0.1, -0.05) is 42.2 Å². The average molecular weight is 270 g/mol. The summed E-state index contributed by atoms with van der Waals surface area (Å²) in [5.41, 5.74) is 0.844. The van der Waals surface area contributed by atoms with Gasteiger partial charge in [0.2, 0.25) is 0 Å². The first-order valence-corrected chi connectivity index (χ1v) is 6.69. The number of hydrogen-bond donors (Lipinski definition) is 1. The predicted octanol–water partition coefficient (Wildman–Crippen LogP) is 2.95. The van der Waals surface area contributed by atoms with Crippen molar-refractivity contribution in [1.82, 2.24) is 0 Å². The molecule has 0 aliphatic carbocycles. The lowest BCUT2D eigenvalue weighted by Gasteiger charge is -2.10. The van der Waals surface area contributed by atoms with Gasteiger partial charge in [-0.2, -0.15) is 0 Å². The Morgan fingerprint density at radius 1 is 1.15 bits per heavy atom. The van der Waals surface area contributed by atoms with E-state index in [0.29, 0.717) is 18.8 Å². The summed E-state index contributed by atoms with van der Waals surface area (Å²) >= 11 is 0. The molecule has 20 heavy (non-hydrogen) atoms. The van der Waals surface area contributed by atoms with Gasteiger partial charge in [0, 0.05) is 18.4 Å². The maximum atomic E-state index is 8.85. The second-order valence-electron chi connectivity index (χ2n) is 4.19. The molecule has 0 atom stereocenters. The zero-order chi connectivity index (χ0) is 14.2. The Bertz CT molecular complexity index is 623. The number of rotatable bonds is 5. The molecule has 1 N–H and O–H groups in total. The number of aliphatic hydroxyl groups is 1. The van der Waals surface area contributed by atoms with E-state index in [0.717, 1.165) is 16.3 Å². The van der Waals surface area contributed by atoms with Crippen LogP contribution < -0.4 is 4.74 Å². The fourth-order valence-electron chi connectivity index (χ4n) is 1.90. The molecular formula is C17H18O3. The van der Waals surface area contributed by atoms with Crippen molar-refractivity contribution in [3.8, 4) is 17.6 Å². The summed E-state index contributed by atoms with van der Waals surface area (Å²) in [7, 11) is 0. The van der Waals surface area contributed by atoms with Gasteiger partial charge in [0.25, 0.3) is 0 Å². The zero-order valence-corrected chi connectivity index (χ0v) is 11.6. The molecule has 3 nitrogen and oxygen atoms in total. The van der Waals surface area contributed by atoms with Crippen LogP contribution in [0.15, 0.2) is 36.4 Å². The van der Waals surface area contributed by atoms with E-state index in [1.54, 1.807) is 0 Å². The molecular weight excluding hydrogens is 252 g/mol. The van der Waals surface area contributed by atoms with Crippen LogP contribution in [0.1, 0.15) is 18.9 Å². The second kappa shape index (κ2) is 7.54. The summed E-state index contributed by atoms with van der Waals surface area (Å²) in [4.78, 5) is 0. The van der Waals surface area contributed by atoms with E-state index in [4.69, 9.17) is 14.6 Å². The molecule has 0 heterocycles. The molecule has 0 unspecified atom stereocenters. The Kier molecular flexibility index (Phi) is 5.43. The lowest BCUT2D eigenvalue weighted by atomic mass is 10.0. The average Bonchev–Trinajstić information content (AvgIpc) is 2.49. The largest absolute Gasteiger partial charge is 0.466 e. The molecule has 0 aromatic heterocycles. The van der Waals surface area contributed by atoms with Gasteiger partial charge in [0.15, 0.2) is 6.79 Å². The quantitative estimate of drug-likeness (QED) is 0.516. The molecule has 3 heteroatoms. The number of aliphatic hydroxyl groups excluding tert-OH is 1. The van der Waals surface area contributed by atoms with Crippen molar-refractivity contribution >= 4 is 10.8 Å². The summed E-state index contributed by atoms with van der Waals surface area (Å²) in [5.74, 6) is 6.76. The van der Waals surface area contributed by atoms with Gasteiger partial charge in [-0.05, 0) is 18.4 Å². The van der Waals surface area contributed by atoms with E-state index < -0.39 is 0 Å². The van der Waals surface area contributed by atoms with Crippen LogP contribution in [0.25, 0.3) is 10.8 Å². The SMILES string of the molecule is CCOCOc1ccc2ccccc2c1C#CCCO. The maximum Gasteiger partial charge on any atom is 0.189 e. The molecule has 2 rings (SSSR count). The Hall–Kier alpha value is -2.02. The maximum absolute atomic E-state index is 8.85. The molecule has 0 saturated heterocycles. The Labute approximate surface area is 119 Å². The van der Waals surface area contributed by atoms with Crippen molar-refractivity contribution in [2.24, 2.45) is 0 Å². The molecule has 104 valence electrons. The van der Waals surface area contributed by atoms with Crippen molar-refractivity contribution in [2.75, 3.05) is 20.0 Å². The third kappa shape index (κ3) is 3.51. The van der Waals surface area contributed by atoms with Crippen LogP contribution in [0.4, 0.5) is 0 Å². The summed E-state index contributed by atoms with van der Waals surface area (Å²) in [6.45, 7) is 2.81. The van der Waals surface area contributed by atoms with Crippen LogP contribution in [-0.4, -0.2) is 25.1 Å². The van der Waals surface area contributed by atoms with Crippen molar-refractivity contribution < 1.29 is 14.6 Å². The van der Waals surface area contributed by atoms with Crippen molar-refractivity contribution in [3.63, 3.8) is 0 Å². The number of fused-ring (bicyclic) bond motifs is 1. The summed E-state index contributed by atoms with van der Waals surface area (Å²) in [6.07, 6.45) is 0.453. The summed E-state index contributed by atoms with van der Waals surface area (Å²) in [5, 5.41) is 11.0. The highest BCUT2D eigenvalue weighted by Gasteiger charge is 2.06. The van der Waals surface area contributed by atoms with Gasteiger partial charge < -0.3 is 14.6 Å². The van der Waals surface area contributed by atoms with Crippen LogP contribution in [-0.2, 0) is 4.74 Å². The van der Waals surface area contributed by atoms with Crippen LogP contribution in [0, 0.1) is 11.8 Å². The minimum Gasteiger partial charge on any atom is -0.466 e. The zero-order valence-electron chi connectivity index (χ0n) is 11.6. The molecule has 0 radical (unpaired) electrons. The third-order valence-corrected chi connectivity index (χ3v) is 2.84. The van der Waals surface area contributed by atoms with Gasteiger partial charge in [-0.25, -0.2) is 0 Å². The highest BCUT2D eigenvalue weighted by Crippen LogP contribution is 2.27. The number of benzene rings is 2. The van der Waals surface area contributed by atoms with Crippen LogP contribution in [0.5, 0.6) is 5.75 Å². The molecule has 0 aliphatic rings. The van der Waals surface area contributed by atoms with Crippen LogP contribution in [0.2, 0.25) is 0 Å². The highest BCUT2D eigenvalue weighted by atomic mass is 16.7. The van der Waals surface area contributed by atoms with Gasteiger partial charge in [0.1, 0.15) is 5.75 Å². The standard InChI is InChI=1S/C17H18O3/c1-2-19-13-20-17-11-10-14-7-3-4-8-15(14)16(17)9-5-6-12-18/h3-4,7-8,10-11,18H,2,6,12-13H2,1H3. The minimum absolute atomic E-state index is 0.0624. The molecule has 0 amide bonds. The van der Waals surface area contributed by atoms with E-state index in [9.17, 15) is 0 Å². The molecule has 0 bridgehead atoms. The minimum atomic E-state index is 0.0624. The normalized spacial score (nSPS) is 10.1. The first-order chi connectivity index (χ1) is 9.86.